The van der Waals surface area contributed by atoms with Crippen molar-refractivity contribution in [1.29, 1.82) is 0 Å². The van der Waals surface area contributed by atoms with Crippen LogP contribution in [0, 0.1) is 0 Å². The molecule has 0 bridgehead atoms. The first-order chi connectivity index (χ1) is 9.63. The van der Waals surface area contributed by atoms with Crippen molar-refractivity contribution < 1.29 is 9.53 Å². The van der Waals surface area contributed by atoms with Gasteiger partial charge in [-0.2, -0.15) is 15.0 Å². The molecule has 2 rings (SSSR count). The van der Waals surface area contributed by atoms with Gasteiger partial charge >= 0.3 is 5.97 Å². The average Bonchev–Trinajstić information content (AvgIpc) is 2.43. The summed E-state index contributed by atoms with van der Waals surface area (Å²) in [5.74, 6) is -0.324. The zero-order valence-corrected chi connectivity index (χ0v) is 10.6. The molecule has 2 aromatic rings. The number of nitrogens with two attached hydrogens (primary N) is 2. The average molecular weight is 271 g/mol. The molecule has 0 amide bonds. The fourth-order valence-electron chi connectivity index (χ4n) is 1.43. The number of nitrogens with zero attached hydrogens (tertiary/aromatic N) is 3. The third kappa shape index (κ3) is 4.05. The quantitative estimate of drug-likeness (QED) is 0.623. The van der Waals surface area contributed by atoms with E-state index in [9.17, 15) is 4.79 Å². The summed E-state index contributed by atoms with van der Waals surface area (Å²) in [4.78, 5) is 22.7. The van der Waals surface area contributed by atoms with Gasteiger partial charge in [-0.15, -0.1) is 0 Å². The van der Waals surface area contributed by atoms with Crippen LogP contribution in [0.1, 0.15) is 11.4 Å². The first-order valence-electron chi connectivity index (χ1n) is 5.79. The number of anilines is 2. The minimum atomic E-state index is -0.508. The lowest BCUT2D eigenvalue weighted by Gasteiger charge is -2.02. The molecule has 1 heterocycles. The van der Waals surface area contributed by atoms with Crippen LogP contribution in [0.3, 0.4) is 0 Å². The molecule has 7 nitrogen and oxygen atoms in total. The second-order valence-electron chi connectivity index (χ2n) is 3.82. The second-order valence-corrected chi connectivity index (χ2v) is 3.82. The number of nitrogen functional groups attached to an aromatic ring is 2. The maximum Gasteiger partial charge on any atom is 0.331 e. The molecule has 0 saturated carbocycles. The maximum atomic E-state index is 11.5. The summed E-state index contributed by atoms with van der Waals surface area (Å²) in [6, 6.07) is 9.39. The van der Waals surface area contributed by atoms with Crippen molar-refractivity contribution in [2.45, 2.75) is 6.61 Å². The molecule has 0 aliphatic carbocycles. The normalized spacial score (nSPS) is 10.6. The van der Waals surface area contributed by atoms with Gasteiger partial charge in [-0.05, 0) is 11.6 Å². The third-order valence-electron chi connectivity index (χ3n) is 2.27. The van der Waals surface area contributed by atoms with Gasteiger partial charge in [-0.1, -0.05) is 30.3 Å². The molecule has 0 aliphatic heterocycles. The highest BCUT2D eigenvalue weighted by Gasteiger charge is 2.04. The van der Waals surface area contributed by atoms with E-state index in [-0.39, 0.29) is 24.3 Å². The standard InChI is InChI=1S/C13H13N5O2/c14-12-16-10(17-13(15)18-12)8-20-11(19)7-6-9-4-2-1-3-5-9/h1-7H,8H2,(H4,14,15,16,17,18)/b7-6+. The molecule has 0 atom stereocenters. The molecule has 0 saturated heterocycles. The van der Waals surface area contributed by atoms with Gasteiger partial charge in [-0.3, -0.25) is 0 Å². The van der Waals surface area contributed by atoms with E-state index in [2.05, 4.69) is 15.0 Å². The number of carbonyl (C=O) groups excluding carboxylic acids is 1. The number of hydrogen-bond donors (Lipinski definition) is 2. The Morgan fingerprint density at radius 2 is 1.75 bits per heavy atom. The number of hydrogen-bond acceptors (Lipinski definition) is 7. The van der Waals surface area contributed by atoms with Crippen molar-refractivity contribution in [3.63, 3.8) is 0 Å². The van der Waals surface area contributed by atoms with Crippen LogP contribution in [0.5, 0.6) is 0 Å². The van der Waals surface area contributed by atoms with Crippen molar-refractivity contribution >= 4 is 23.9 Å². The number of aromatic nitrogens is 3. The van der Waals surface area contributed by atoms with Gasteiger partial charge in [0.05, 0.1) is 0 Å². The van der Waals surface area contributed by atoms with Gasteiger partial charge < -0.3 is 16.2 Å². The van der Waals surface area contributed by atoms with Crippen LogP contribution in [-0.2, 0) is 16.1 Å². The zero-order chi connectivity index (χ0) is 14.4. The fraction of sp³-hybridized carbons (Fsp3) is 0.0769. The Kier molecular flexibility index (Phi) is 4.23. The first kappa shape index (κ1) is 13.5. The van der Waals surface area contributed by atoms with E-state index in [0.29, 0.717) is 0 Å². The first-order valence-corrected chi connectivity index (χ1v) is 5.79. The molecule has 0 radical (unpaired) electrons. The van der Waals surface area contributed by atoms with Crippen LogP contribution in [0.25, 0.3) is 6.08 Å². The van der Waals surface area contributed by atoms with Gasteiger partial charge in [-0.25, -0.2) is 4.79 Å². The van der Waals surface area contributed by atoms with Crippen molar-refractivity contribution in [3.8, 4) is 0 Å². The van der Waals surface area contributed by atoms with Crippen molar-refractivity contribution in [3.05, 3.63) is 47.8 Å². The number of carbonyl (C=O) groups is 1. The SMILES string of the molecule is Nc1nc(N)nc(COC(=O)/C=C/c2ccccc2)n1. The Morgan fingerprint density at radius 3 is 2.40 bits per heavy atom. The lowest BCUT2D eigenvalue weighted by atomic mass is 10.2. The highest BCUT2D eigenvalue weighted by atomic mass is 16.5. The van der Waals surface area contributed by atoms with Crippen LogP contribution in [0.2, 0.25) is 0 Å². The van der Waals surface area contributed by atoms with E-state index < -0.39 is 5.97 Å². The van der Waals surface area contributed by atoms with Crippen molar-refractivity contribution in [2.75, 3.05) is 11.5 Å². The molecule has 7 heteroatoms. The highest BCUT2D eigenvalue weighted by Crippen LogP contribution is 2.03. The molecule has 0 spiro atoms. The lowest BCUT2D eigenvalue weighted by molar-refractivity contribution is -0.139. The Morgan fingerprint density at radius 1 is 1.10 bits per heavy atom. The Bertz CT molecular complexity index is 608. The molecular weight excluding hydrogens is 258 g/mol. The largest absolute Gasteiger partial charge is 0.454 e. The molecule has 0 aliphatic rings. The van der Waals surface area contributed by atoms with E-state index in [1.54, 1.807) is 6.08 Å². The van der Waals surface area contributed by atoms with Crippen LogP contribution < -0.4 is 11.5 Å². The van der Waals surface area contributed by atoms with Crippen LogP contribution in [0.15, 0.2) is 36.4 Å². The predicted octanol–water partition coefficient (Wildman–Crippen LogP) is 0.793. The number of benzene rings is 1. The fourth-order valence-corrected chi connectivity index (χ4v) is 1.43. The van der Waals surface area contributed by atoms with Crippen molar-refractivity contribution in [1.82, 2.24) is 15.0 Å². The minimum absolute atomic E-state index is 0.0108. The smallest absolute Gasteiger partial charge is 0.331 e. The molecule has 1 aromatic heterocycles. The summed E-state index contributed by atoms with van der Waals surface area (Å²) in [6.45, 7) is -0.116. The summed E-state index contributed by atoms with van der Waals surface area (Å²) in [5.41, 5.74) is 11.7. The van der Waals surface area contributed by atoms with E-state index in [1.165, 1.54) is 6.08 Å². The number of esters is 1. The zero-order valence-electron chi connectivity index (χ0n) is 10.6. The Hall–Kier alpha value is -2.96. The number of rotatable bonds is 4. The topological polar surface area (TPSA) is 117 Å². The molecule has 102 valence electrons. The monoisotopic (exact) mass is 271 g/mol. The van der Waals surface area contributed by atoms with Gasteiger partial charge in [0.2, 0.25) is 11.9 Å². The van der Waals surface area contributed by atoms with Crippen LogP contribution in [0.4, 0.5) is 11.9 Å². The Labute approximate surface area is 115 Å². The van der Waals surface area contributed by atoms with Crippen LogP contribution in [-0.4, -0.2) is 20.9 Å². The van der Waals surface area contributed by atoms with Gasteiger partial charge in [0.15, 0.2) is 12.4 Å². The second kappa shape index (κ2) is 6.28. The number of ether oxygens (including phenoxy) is 1. The lowest BCUT2D eigenvalue weighted by Crippen LogP contribution is -2.09. The molecule has 0 fully saturated rings. The third-order valence-corrected chi connectivity index (χ3v) is 2.27. The van der Waals surface area contributed by atoms with E-state index in [1.807, 2.05) is 30.3 Å². The highest BCUT2D eigenvalue weighted by molar-refractivity contribution is 5.86. The van der Waals surface area contributed by atoms with Gasteiger partial charge in [0.25, 0.3) is 0 Å². The van der Waals surface area contributed by atoms with E-state index >= 15 is 0 Å². The molecule has 1 aromatic carbocycles. The summed E-state index contributed by atoms with van der Waals surface area (Å²) < 4.78 is 4.97. The molecule has 4 N–H and O–H groups in total. The Balaban J connectivity index is 1.91. The summed E-state index contributed by atoms with van der Waals surface area (Å²) in [7, 11) is 0. The molecule has 20 heavy (non-hydrogen) atoms. The van der Waals surface area contributed by atoms with Crippen LogP contribution >= 0.6 is 0 Å². The molecule has 0 unspecified atom stereocenters. The molecular formula is C13H13N5O2. The maximum absolute atomic E-state index is 11.5. The summed E-state index contributed by atoms with van der Waals surface area (Å²) >= 11 is 0. The summed E-state index contributed by atoms with van der Waals surface area (Å²) in [5, 5.41) is 0. The summed E-state index contributed by atoms with van der Waals surface area (Å²) in [6.07, 6.45) is 2.97. The van der Waals surface area contributed by atoms with Gasteiger partial charge in [0.1, 0.15) is 0 Å². The minimum Gasteiger partial charge on any atom is -0.454 e. The van der Waals surface area contributed by atoms with E-state index in [0.717, 1.165) is 5.56 Å². The van der Waals surface area contributed by atoms with Crippen molar-refractivity contribution in [2.24, 2.45) is 0 Å². The predicted molar refractivity (Wildman–Crippen MR) is 73.9 cm³/mol. The van der Waals surface area contributed by atoms with E-state index in [4.69, 9.17) is 16.2 Å². The van der Waals surface area contributed by atoms with Gasteiger partial charge in [0, 0.05) is 6.08 Å².